The standard InChI is InChI=1S/C23H22ClFN2O4S/c1-16-8-9-18(25)12-21(16)26-23(28)15-27(14-17-6-4-3-5-7-17)32(29,30)19-10-11-22(31-2)20(24)13-19/h3-13H,14-15H2,1-2H3,(H,26,28). The van der Waals surface area contributed by atoms with Gasteiger partial charge in [0.25, 0.3) is 0 Å². The zero-order chi connectivity index (χ0) is 23.3. The van der Waals surface area contributed by atoms with E-state index in [1.807, 2.05) is 6.07 Å². The average Bonchev–Trinajstić information content (AvgIpc) is 2.76. The van der Waals surface area contributed by atoms with Crippen LogP contribution in [0, 0.1) is 12.7 Å². The van der Waals surface area contributed by atoms with Crippen molar-refractivity contribution in [1.29, 1.82) is 0 Å². The Morgan fingerprint density at radius 2 is 1.81 bits per heavy atom. The number of aryl methyl sites for hydroxylation is 1. The fourth-order valence-electron chi connectivity index (χ4n) is 3.05. The molecule has 0 radical (unpaired) electrons. The second kappa shape index (κ2) is 10.1. The fourth-order valence-corrected chi connectivity index (χ4v) is 4.78. The molecule has 0 saturated heterocycles. The lowest BCUT2D eigenvalue weighted by Gasteiger charge is -2.22. The summed E-state index contributed by atoms with van der Waals surface area (Å²) in [5.74, 6) is -0.773. The van der Waals surface area contributed by atoms with Crippen LogP contribution in [0.5, 0.6) is 5.75 Å². The van der Waals surface area contributed by atoms with Crippen molar-refractivity contribution in [3.8, 4) is 5.75 Å². The summed E-state index contributed by atoms with van der Waals surface area (Å²) in [5.41, 5.74) is 1.63. The van der Waals surface area contributed by atoms with E-state index in [9.17, 15) is 17.6 Å². The van der Waals surface area contributed by atoms with E-state index >= 15 is 0 Å². The number of sulfonamides is 1. The van der Waals surface area contributed by atoms with Crippen LogP contribution in [0.25, 0.3) is 0 Å². The van der Waals surface area contributed by atoms with Gasteiger partial charge in [-0.2, -0.15) is 4.31 Å². The lowest BCUT2D eigenvalue weighted by Crippen LogP contribution is -2.37. The van der Waals surface area contributed by atoms with Crippen molar-refractivity contribution in [3.05, 3.63) is 88.7 Å². The van der Waals surface area contributed by atoms with Crippen molar-refractivity contribution in [2.75, 3.05) is 19.0 Å². The van der Waals surface area contributed by atoms with Gasteiger partial charge in [-0.15, -0.1) is 0 Å². The third kappa shape index (κ3) is 5.64. The summed E-state index contributed by atoms with van der Waals surface area (Å²) in [4.78, 5) is 12.7. The molecule has 0 aliphatic heterocycles. The van der Waals surface area contributed by atoms with Crippen molar-refractivity contribution in [2.45, 2.75) is 18.4 Å². The molecule has 6 nitrogen and oxygen atoms in total. The van der Waals surface area contributed by atoms with Crippen LogP contribution in [0.1, 0.15) is 11.1 Å². The van der Waals surface area contributed by atoms with Crippen molar-refractivity contribution in [3.63, 3.8) is 0 Å². The highest BCUT2D eigenvalue weighted by molar-refractivity contribution is 7.89. The first-order chi connectivity index (χ1) is 15.2. The maximum atomic E-state index is 13.6. The first kappa shape index (κ1) is 23.7. The summed E-state index contributed by atoms with van der Waals surface area (Å²) >= 11 is 6.12. The Kier molecular flexibility index (Phi) is 7.50. The lowest BCUT2D eigenvalue weighted by molar-refractivity contribution is -0.116. The van der Waals surface area contributed by atoms with Gasteiger partial charge in [0.2, 0.25) is 15.9 Å². The molecule has 0 heterocycles. The number of halogens is 2. The van der Waals surface area contributed by atoms with E-state index in [1.54, 1.807) is 31.2 Å². The van der Waals surface area contributed by atoms with Gasteiger partial charge in [0.05, 0.1) is 23.6 Å². The monoisotopic (exact) mass is 476 g/mol. The highest BCUT2D eigenvalue weighted by atomic mass is 35.5. The first-order valence-corrected chi connectivity index (χ1v) is 11.5. The van der Waals surface area contributed by atoms with Gasteiger partial charge in [0.15, 0.2) is 0 Å². The summed E-state index contributed by atoms with van der Waals surface area (Å²) in [6, 6.07) is 17.0. The van der Waals surface area contributed by atoms with E-state index in [2.05, 4.69) is 5.32 Å². The van der Waals surface area contributed by atoms with Gasteiger partial charge in [-0.05, 0) is 48.4 Å². The Morgan fingerprint density at radius 1 is 1.09 bits per heavy atom. The maximum absolute atomic E-state index is 13.6. The molecule has 0 saturated carbocycles. The highest BCUT2D eigenvalue weighted by Crippen LogP contribution is 2.29. The number of carbonyl (C=O) groups is 1. The Morgan fingerprint density at radius 3 is 2.47 bits per heavy atom. The smallest absolute Gasteiger partial charge is 0.243 e. The summed E-state index contributed by atoms with van der Waals surface area (Å²) in [6.07, 6.45) is 0. The zero-order valence-electron chi connectivity index (χ0n) is 17.5. The van der Waals surface area contributed by atoms with Gasteiger partial charge in [0, 0.05) is 12.2 Å². The highest BCUT2D eigenvalue weighted by Gasteiger charge is 2.28. The molecule has 32 heavy (non-hydrogen) atoms. The number of benzene rings is 3. The Labute approximate surface area is 191 Å². The van der Waals surface area contributed by atoms with Gasteiger partial charge >= 0.3 is 0 Å². The largest absolute Gasteiger partial charge is 0.495 e. The van der Waals surface area contributed by atoms with E-state index in [1.165, 1.54) is 43.5 Å². The van der Waals surface area contributed by atoms with Crippen molar-refractivity contribution in [2.24, 2.45) is 0 Å². The third-order valence-corrected chi connectivity index (χ3v) is 6.84. The Bertz CT molecular complexity index is 1220. The minimum atomic E-state index is -4.09. The number of hydrogen-bond acceptors (Lipinski definition) is 4. The van der Waals surface area contributed by atoms with Gasteiger partial charge < -0.3 is 10.1 Å². The van der Waals surface area contributed by atoms with Crippen LogP contribution in [0.2, 0.25) is 5.02 Å². The molecule has 0 unspecified atom stereocenters. The normalized spacial score (nSPS) is 11.4. The predicted molar refractivity (Wildman–Crippen MR) is 122 cm³/mol. The van der Waals surface area contributed by atoms with Crippen LogP contribution < -0.4 is 10.1 Å². The summed E-state index contributed by atoms with van der Waals surface area (Å²) in [6.45, 7) is 1.20. The number of rotatable bonds is 8. The van der Waals surface area contributed by atoms with Crippen molar-refractivity contribution >= 4 is 33.2 Å². The molecule has 1 N–H and O–H groups in total. The maximum Gasteiger partial charge on any atom is 0.243 e. The number of ether oxygens (including phenoxy) is 1. The van der Waals surface area contributed by atoms with Crippen LogP contribution in [0.4, 0.5) is 10.1 Å². The Hall–Kier alpha value is -2.94. The summed E-state index contributed by atoms with van der Waals surface area (Å²) in [5, 5.41) is 2.72. The average molecular weight is 477 g/mol. The molecule has 0 bridgehead atoms. The second-order valence-electron chi connectivity index (χ2n) is 7.06. The van der Waals surface area contributed by atoms with Crippen LogP contribution in [-0.4, -0.2) is 32.3 Å². The molecule has 3 rings (SSSR count). The molecule has 1 amide bonds. The van der Waals surface area contributed by atoms with E-state index in [4.69, 9.17) is 16.3 Å². The SMILES string of the molecule is COc1ccc(S(=O)(=O)N(CC(=O)Nc2cc(F)ccc2C)Cc2ccccc2)cc1Cl. The number of anilines is 1. The zero-order valence-corrected chi connectivity index (χ0v) is 19.1. The van der Waals surface area contributed by atoms with Crippen molar-refractivity contribution < 1.29 is 22.3 Å². The molecule has 168 valence electrons. The molecule has 0 aliphatic carbocycles. The molecule has 9 heteroatoms. The molecule has 0 fully saturated rings. The molecule has 0 spiro atoms. The van der Waals surface area contributed by atoms with E-state index in [0.29, 0.717) is 16.9 Å². The third-order valence-electron chi connectivity index (χ3n) is 4.76. The number of nitrogens with zero attached hydrogens (tertiary/aromatic N) is 1. The van der Waals surface area contributed by atoms with Gasteiger partial charge in [-0.3, -0.25) is 4.79 Å². The van der Waals surface area contributed by atoms with E-state index < -0.39 is 28.3 Å². The summed E-state index contributed by atoms with van der Waals surface area (Å²) < 4.78 is 46.5. The van der Waals surface area contributed by atoms with Gasteiger partial charge in [-0.1, -0.05) is 48.0 Å². The number of nitrogens with one attached hydrogen (secondary N) is 1. The van der Waals surface area contributed by atoms with Crippen LogP contribution in [0.15, 0.2) is 71.6 Å². The van der Waals surface area contributed by atoms with Crippen LogP contribution >= 0.6 is 11.6 Å². The molecular formula is C23H22ClFN2O4S. The van der Waals surface area contributed by atoms with Crippen molar-refractivity contribution in [1.82, 2.24) is 4.31 Å². The van der Waals surface area contributed by atoms with Gasteiger partial charge in [-0.25, -0.2) is 12.8 Å². The van der Waals surface area contributed by atoms with Crippen LogP contribution in [-0.2, 0) is 21.4 Å². The quantitative estimate of drug-likeness (QED) is 0.514. The number of carbonyl (C=O) groups excluding carboxylic acids is 1. The molecule has 0 aliphatic rings. The second-order valence-corrected chi connectivity index (χ2v) is 9.41. The lowest BCUT2D eigenvalue weighted by atomic mass is 10.2. The minimum absolute atomic E-state index is 0.0393. The number of hydrogen-bond donors (Lipinski definition) is 1. The Balaban J connectivity index is 1.91. The first-order valence-electron chi connectivity index (χ1n) is 9.64. The topological polar surface area (TPSA) is 75.7 Å². The minimum Gasteiger partial charge on any atom is -0.495 e. The van der Waals surface area contributed by atoms with E-state index in [-0.39, 0.29) is 22.2 Å². The number of amides is 1. The molecule has 3 aromatic carbocycles. The van der Waals surface area contributed by atoms with Crippen LogP contribution in [0.3, 0.4) is 0 Å². The van der Waals surface area contributed by atoms with Gasteiger partial charge in [0.1, 0.15) is 11.6 Å². The molecule has 0 aromatic heterocycles. The van der Waals surface area contributed by atoms with E-state index in [0.717, 1.165) is 4.31 Å². The molecular weight excluding hydrogens is 455 g/mol. The summed E-state index contributed by atoms with van der Waals surface area (Å²) in [7, 11) is -2.67. The molecule has 3 aromatic rings. The molecule has 0 atom stereocenters. The number of methoxy groups -OCH3 is 1. The fraction of sp³-hybridized carbons (Fsp3) is 0.174. The predicted octanol–water partition coefficient (Wildman–Crippen LogP) is 4.63.